The van der Waals surface area contributed by atoms with Gasteiger partial charge in [0.2, 0.25) is 0 Å². The van der Waals surface area contributed by atoms with Gasteiger partial charge in [-0.1, -0.05) is 0 Å². The lowest BCUT2D eigenvalue weighted by atomic mass is 10.1. The Morgan fingerprint density at radius 1 is 1.09 bits per heavy atom. The fourth-order valence-electron chi connectivity index (χ4n) is 2.04. The molecule has 2 aromatic rings. The van der Waals surface area contributed by atoms with Crippen molar-refractivity contribution in [1.29, 1.82) is 0 Å². The molecule has 0 atom stereocenters. The maximum atomic E-state index is 12.4. The number of benzene rings is 2. The van der Waals surface area contributed by atoms with Crippen LogP contribution >= 0.6 is 11.8 Å². The lowest BCUT2D eigenvalue weighted by Crippen LogP contribution is -2.12. The molecule has 2 rings (SSSR count). The minimum atomic E-state index is -0.184. The van der Waals surface area contributed by atoms with E-state index >= 15 is 0 Å². The van der Waals surface area contributed by atoms with Crippen molar-refractivity contribution in [3.63, 3.8) is 0 Å². The number of amides is 1. The Balaban J connectivity index is 2.15. The molecular weight excluding hydrogens is 310 g/mol. The topological polar surface area (TPSA) is 47.6 Å². The smallest absolute Gasteiger partial charge is 0.255 e. The average Bonchev–Trinajstić information content (AvgIpc) is 2.55. The number of anilines is 1. The Kier molecular flexibility index (Phi) is 5.93. The van der Waals surface area contributed by atoms with Gasteiger partial charge < -0.3 is 14.8 Å². The second-order valence-electron chi connectivity index (χ2n) is 5.21. The highest BCUT2D eigenvalue weighted by atomic mass is 32.2. The third kappa shape index (κ3) is 4.66. The van der Waals surface area contributed by atoms with Gasteiger partial charge >= 0.3 is 0 Å². The van der Waals surface area contributed by atoms with E-state index in [1.807, 2.05) is 44.4 Å². The summed E-state index contributed by atoms with van der Waals surface area (Å²) in [5, 5.41) is 2.88. The summed E-state index contributed by atoms with van der Waals surface area (Å²) in [7, 11) is 1.56. The van der Waals surface area contributed by atoms with Crippen molar-refractivity contribution in [3.8, 4) is 11.5 Å². The van der Waals surface area contributed by atoms with Gasteiger partial charge in [0.1, 0.15) is 0 Å². The number of ether oxygens (including phenoxy) is 2. The number of hydrogen-bond donors (Lipinski definition) is 1. The Morgan fingerprint density at radius 3 is 2.35 bits per heavy atom. The van der Waals surface area contributed by atoms with Crippen LogP contribution in [0.1, 0.15) is 24.2 Å². The lowest BCUT2D eigenvalue weighted by Gasteiger charge is -2.14. The summed E-state index contributed by atoms with van der Waals surface area (Å²) < 4.78 is 11.0. The summed E-state index contributed by atoms with van der Waals surface area (Å²) in [6, 6.07) is 12.9. The highest BCUT2D eigenvalue weighted by Gasteiger charge is 2.12. The Hall–Kier alpha value is -2.14. The number of thioether (sulfide) groups is 1. The first-order valence-corrected chi connectivity index (χ1v) is 8.56. The van der Waals surface area contributed by atoms with Crippen molar-refractivity contribution in [3.05, 3.63) is 48.0 Å². The maximum absolute atomic E-state index is 12.4. The van der Waals surface area contributed by atoms with E-state index in [0.717, 1.165) is 10.6 Å². The zero-order valence-electron chi connectivity index (χ0n) is 13.8. The fourth-order valence-corrected chi connectivity index (χ4v) is 2.45. The predicted octanol–water partition coefficient (Wildman–Crippen LogP) is 4.46. The molecular formula is C18H21NO3S. The summed E-state index contributed by atoms with van der Waals surface area (Å²) in [5.41, 5.74) is 1.28. The van der Waals surface area contributed by atoms with E-state index in [4.69, 9.17) is 9.47 Å². The molecule has 2 aromatic carbocycles. The molecule has 0 unspecified atom stereocenters. The molecule has 0 aliphatic rings. The molecule has 122 valence electrons. The third-order valence-corrected chi connectivity index (χ3v) is 3.88. The summed E-state index contributed by atoms with van der Waals surface area (Å²) in [4.78, 5) is 13.5. The molecule has 0 aromatic heterocycles. The van der Waals surface area contributed by atoms with Crippen LogP contribution in [-0.2, 0) is 0 Å². The molecule has 0 saturated heterocycles. The Morgan fingerprint density at radius 2 is 1.78 bits per heavy atom. The largest absolute Gasteiger partial charge is 0.493 e. The van der Waals surface area contributed by atoms with Gasteiger partial charge in [0, 0.05) is 16.1 Å². The highest BCUT2D eigenvalue weighted by molar-refractivity contribution is 7.98. The van der Waals surface area contributed by atoms with Crippen molar-refractivity contribution < 1.29 is 14.3 Å². The van der Waals surface area contributed by atoms with E-state index in [1.54, 1.807) is 37.1 Å². The van der Waals surface area contributed by atoms with E-state index in [2.05, 4.69) is 5.32 Å². The van der Waals surface area contributed by atoms with Gasteiger partial charge in [-0.3, -0.25) is 4.79 Å². The summed E-state index contributed by atoms with van der Waals surface area (Å²) in [5.74, 6) is 0.990. The predicted molar refractivity (Wildman–Crippen MR) is 94.9 cm³/mol. The quantitative estimate of drug-likeness (QED) is 0.794. The molecule has 1 N–H and O–H groups in total. The summed E-state index contributed by atoms with van der Waals surface area (Å²) in [6.45, 7) is 3.89. The average molecular weight is 331 g/mol. The van der Waals surface area contributed by atoms with Gasteiger partial charge in [0.15, 0.2) is 11.5 Å². The Labute approximate surface area is 141 Å². The van der Waals surface area contributed by atoms with Crippen LogP contribution in [0.3, 0.4) is 0 Å². The van der Waals surface area contributed by atoms with Gasteiger partial charge in [0.25, 0.3) is 5.91 Å². The molecule has 0 radical (unpaired) electrons. The molecule has 0 fully saturated rings. The normalized spacial score (nSPS) is 10.5. The Bertz CT molecular complexity index is 668. The second-order valence-corrected chi connectivity index (χ2v) is 6.09. The number of rotatable bonds is 6. The standard InChI is InChI=1S/C18H21NO3S/c1-12(2)22-16-10-5-13(11-17(16)21-3)18(20)19-14-6-8-15(23-4)9-7-14/h5-12H,1-4H3,(H,19,20). The third-order valence-electron chi connectivity index (χ3n) is 3.14. The van der Waals surface area contributed by atoms with Crippen LogP contribution in [0.5, 0.6) is 11.5 Å². The number of methoxy groups -OCH3 is 1. The minimum absolute atomic E-state index is 0.0403. The van der Waals surface area contributed by atoms with Crippen molar-refractivity contribution in [1.82, 2.24) is 0 Å². The zero-order chi connectivity index (χ0) is 16.8. The molecule has 0 aliphatic carbocycles. The maximum Gasteiger partial charge on any atom is 0.255 e. The van der Waals surface area contributed by atoms with Gasteiger partial charge in [-0.25, -0.2) is 0 Å². The van der Waals surface area contributed by atoms with E-state index in [-0.39, 0.29) is 12.0 Å². The first-order valence-electron chi connectivity index (χ1n) is 7.33. The molecule has 1 amide bonds. The monoisotopic (exact) mass is 331 g/mol. The summed E-state index contributed by atoms with van der Waals surface area (Å²) >= 11 is 1.66. The number of hydrogen-bond acceptors (Lipinski definition) is 4. The van der Waals surface area contributed by atoms with E-state index < -0.39 is 0 Å². The zero-order valence-corrected chi connectivity index (χ0v) is 14.6. The minimum Gasteiger partial charge on any atom is -0.493 e. The van der Waals surface area contributed by atoms with E-state index in [9.17, 15) is 4.79 Å². The van der Waals surface area contributed by atoms with Crippen LogP contribution in [0.4, 0.5) is 5.69 Å². The molecule has 5 heteroatoms. The summed E-state index contributed by atoms with van der Waals surface area (Å²) in [6.07, 6.45) is 2.05. The fraction of sp³-hybridized carbons (Fsp3) is 0.278. The van der Waals surface area contributed by atoms with Crippen LogP contribution in [0.2, 0.25) is 0 Å². The van der Waals surface area contributed by atoms with Crippen LogP contribution < -0.4 is 14.8 Å². The van der Waals surface area contributed by atoms with Gasteiger partial charge in [0.05, 0.1) is 13.2 Å². The molecule has 4 nitrogen and oxygen atoms in total. The van der Waals surface area contributed by atoms with Crippen molar-refractivity contribution >= 4 is 23.4 Å². The van der Waals surface area contributed by atoms with Crippen molar-refractivity contribution in [2.45, 2.75) is 24.8 Å². The number of carbonyl (C=O) groups is 1. The molecule has 0 spiro atoms. The van der Waals surface area contributed by atoms with Crippen LogP contribution in [0.15, 0.2) is 47.4 Å². The van der Waals surface area contributed by atoms with Crippen LogP contribution in [-0.4, -0.2) is 25.4 Å². The van der Waals surface area contributed by atoms with Crippen molar-refractivity contribution in [2.75, 3.05) is 18.7 Å². The molecule has 0 saturated carbocycles. The van der Waals surface area contributed by atoms with E-state index in [0.29, 0.717) is 17.1 Å². The second kappa shape index (κ2) is 7.92. The van der Waals surface area contributed by atoms with Gasteiger partial charge in [-0.2, -0.15) is 0 Å². The molecule has 23 heavy (non-hydrogen) atoms. The first-order chi connectivity index (χ1) is 11.0. The molecule has 0 aliphatic heterocycles. The van der Waals surface area contributed by atoms with Crippen molar-refractivity contribution in [2.24, 2.45) is 0 Å². The molecule has 0 bridgehead atoms. The lowest BCUT2D eigenvalue weighted by molar-refractivity contribution is 0.102. The number of nitrogens with one attached hydrogen (secondary N) is 1. The van der Waals surface area contributed by atoms with Crippen LogP contribution in [0, 0.1) is 0 Å². The van der Waals surface area contributed by atoms with Crippen LogP contribution in [0.25, 0.3) is 0 Å². The van der Waals surface area contributed by atoms with E-state index in [1.165, 1.54) is 0 Å². The highest BCUT2D eigenvalue weighted by Crippen LogP contribution is 2.29. The molecule has 0 heterocycles. The first kappa shape index (κ1) is 17.2. The van der Waals surface area contributed by atoms with Gasteiger partial charge in [-0.05, 0) is 62.6 Å². The number of carbonyl (C=O) groups excluding carboxylic acids is 1. The SMILES string of the molecule is COc1cc(C(=O)Nc2ccc(SC)cc2)ccc1OC(C)C. The van der Waals surface area contributed by atoms with Gasteiger partial charge in [-0.15, -0.1) is 11.8 Å².